The van der Waals surface area contributed by atoms with Gasteiger partial charge in [0, 0.05) is 0 Å². The van der Waals surface area contributed by atoms with Gasteiger partial charge in [-0.2, -0.15) is 0 Å². The van der Waals surface area contributed by atoms with Crippen molar-refractivity contribution in [3.63, 3.8) is 0 Å². The third-order valence-electron chi connectivity index (χ3n) is 2.42. The van der Waals surface area contributed by atoms with Crippen molar-refractivity contribution < 1.29 is 0 Å². The van der Waals surface area contributed by atoms with Crippen LogP contribution in [0, 0.1) is 6.92 Å². The van der Waals surface area contributed by atoms with Crippen molar-refractivity contribution in [2.24, 2.45) is 0 Å². The fourth-order valence-corrected chi connectivity index (χ4v) is 1.71. The Labute approximate surface area is 79.2 Å². The second-order valence-corrected chi connectivity index (χ2v) is 3.33. The molecule has 0 aromatic heterocycles. The molecular weight excluding hydrogens is 156 g/mol. The van der Waals surface area contributed by atoms with Gasteiger partial charge in [0.25, 0.3) is 0 Å². The lowest BCUT2D eigenvalue weighted by Crippen LogP contribution is -1.83. The minimum atomic E-state index is 1.08. The van der Waals surface area contributed by atoms with Crippen LogP contribution in [0.15, 0.2) is 36.4 Å². The summed E-state index contributed by atoms with van der Waals surface area (Å²) in [5.74, 6) is 0. The Morgan fingerprint density at radius 3 is 2.77 bits per heavy atom. The molecule has 0 atom stereocenters. The molecule has 2 aromatic carbocycles. The Balaban J connectivity index is 2.77. The van der Waals surface area contributed by atoms with Crippen molar-refractivity contribution in [1.29, 1.82) is 0 Å². The molecule has 0 spiro atoms. The quantitative estimate of drug-likeness (QED) is 0.612. The summed E-state index contributed by atoms with van der Waals surface area (Å²) in [6.45, 7) is 6.11. The highest BCUT2D eigenvalue weighted by atomic mass is 14.0. The van der Waals surface area contributed by atoms with E-state index in [4.69, 9.17) is 0 Å². The maximum atomic E-state index is 3.93. The van der Waals surface area contributed by atoms with Gasteiger partial charge in [0.2, 0.25) is 0 Å². The van der Waals surface area contributed by atoms with E-state index in [1.54, 1.807) is 0 Å². The van der Waals surface area contributed by atoms with Gasteiger partial charge in [-0.1, -0.05) is 43.3 Å². The van der Waals surface area contributed by atoms with Gasteiger partial charge in [-0.25, -0.2) is 0 Å². The molecule has 0 unspecified atom stereocenters. The fraction of sp³-hybridized carbons (Fsp3) is 0.154. The van der Waals surface area contributed by atoms with Crippen LogP contribution < -0.4 is 0 Å². The van der Waals surface area contributed by atoms with Crippen molar-refractivity contribution in [3.8, 4) is 0 Å². The molecule has 2 rings (SSSR count). The monoisotopic (exact) mass is 169 g/mol. The van der Waals surface area contributed by atoms with Crippen LogP contribution in [0.4, 0.5) is 0 Å². The van der Waals surface area contributed by atoms with Gasteiger partial charge < -0.3 is 0 Å². The third kappa shape index (κ3) is 1.44. The molecule has 0 fully saturated rings. The molecule has 0 saturated heterocycles. The summed E-state index contributed by atoms with van der Waals surface area (Å²) in [4.78, 5) is 0. The normalized spacial score (nSPS) is 10.6. The Bertz CT molecular complexity index is 427. The number of hydrogen-bond acceptors (Lipinski definition) is 0. The van der Waals surface area contributed by atoms with Gasteiger partial charge in [0.1, 0.15) is 0 Å². The van der Waals surface area contributed by atoms with Gasteiger partial charge in [0.05, 0.1) is 0 Å². The average molecular weight is 169 g/mol. The summed E-state index contributed by atoms with van der Waals surface area (Å²) in [6.07, 6.45) is 1.09. The predicted molar refractivity (Wildman–Crippen MR) is 57.8 cm³/mol. The second kappa shape index (κ2) is 3.21. The number of hydrogen-bond donors (Lipinski definition) is 0. The first kappa shape index (κ1) is 8.31. The summed E-state index contributed by atoms with van der Waals surface area (Å²) in [6, 6.07) is 12.8. The van der Waals surface area contributed by atoms with Crippen LogP contribution in [-0.2, 0) is 6.42 Å². The van der Waals surface area contributed by atoms with Crippen LogP contribution >= 0.6 is 0 Å². The van der Waals surface area contributed by atoms with E-state index in [2.05, 4.69) is 50.2 Å². The molecule has 0 heteroatoms. The van der Waals surface area contributed by atoms with Crippen LogP contribution in [0.3, 0.4) is 0 Å². The molecule has 1 radical (unpaired) electrons. The summed E-state index contributed by atoms with van der Waals surface area (Å²) in [7, 11) is 0. The molecule has 0 aliphatic rings. The van der Waals surface area contributed by atoms with E-state index in [1.807, 2.05) is 0 Å². The summed E-state index contributed by atoms with van der Waals surface area (Å²) in [5.41, 5.74) is 2.50. The van der Waals surface area contributed by atoms with E-state index in [0.29, 0.717) is 0 Å². The summed E-state index contributed by atoms with van der Waals surface area (Å²) in [5, 5.41) is 2.66. The van der Waals surface area contributed by atoms with Gasteiger partial charge in [-0.05, 0) is 35.2 Å². The van der Waals surface area contributed by atoms with E-state index < -0.39 is 0 Å². The molecule has 0 amide bonds. The Morgan fingerprint density at radius 1 is 1.15 bits per heavy atom. The van der Waals surface area contributed by atoms with E-state index in [9.17, 15) is 0 Å². The molecule has 0 saturated carbocycles. The minimum absolute atomic E-state index is 1.08. The number of fused-ring (bicyclic) bond motifs is 1. The molecule has 2 aromatic rings. The predicted octanol–water partition coefficient (Wildman–Crippen LogP) is 3.58. The van der Waals surface area contributed by atoms with Gasteiger partial charge in [0.15, 0.2) is 0 Å². The topological polar surface area (TPSA) is 0 Å². The summed E-state index contributed by atoms with van der Waals surface area (Å²) >= 11 is 0. The molecular formula is C13H13. The number of rotatable bonds is 1. The van der Waals surface area contributed by atoms with Crippen molar-refractivity contribution >= 4 is 10.8 Å². The fourth-order valence-electron chi connectivity index (χ4n) is 1.71. The largest absolute Gasteiger partial charge is 0.0614 e. The Hall–Kier alpha value is -1.30. The molecule has 13 heavy (non-hydrogen) atoms. The van der Waals surface area contributed by atoms with Crippen LogP contribution in [0.2, 0.25) is 0 Å². The van der Waals surface area contributed by atoms with Gasteiger partial charge in [-0.3, -0.25) is 0 Å². The van der Waals surface area contributed by atoms with Crippen LogP contribution in [-0.4, -0.2) is 0 Å². The highest BCUT2D eigenvalue weighted by Gasteiger charge is 1.97. The molecule has 0 N–H and O–H groups in total. The van der Waals surface area contributed by atoms with Crippen molar-refractivity contribution in [2.75, 3.05) is 0 Å². The maximum absolute atomic E-state index is 3.93. The first-order chi connectivity index (χ1) is 6.31. The van der Waals surface area contributed by atoms with Gasteiger partial charge in [-0.15, -0.1) is 0 Å². The molecule has 0 nitrogen and oxygen atoms in total. The zero-order valence-corrected chi connectivity index (χ0v) is 7.88. The van der Waals surface area contributed by atoms with E-state index in [1.165, 1.54) is 16.3 Å². The lowest BCUT2D eigenvalue weighted by molar-refractivity contribution is 1.16. The smallest absolute Gasteiger partial charge is 0.0152 e. The highest BCUT2D eigenvalue weighted by Crippen LogP contribution is 2.20. The average Bonchev–Trinajstić information content (AvgIpc) is 2.16. The number of benzene rings is 2. The van der Waals surface area contributed by atoms with Crippen LogP contribution in [0.5, 0.6) is 0 Å². The van der Waals surface area contributed by atoms with Crippen LogP contribution in [0.1, 0.15) is 18.1 Å². The Morgan fingerprint density at radius 2 is 2.00 bits per heavy atom. The number of aryl methyl sites for hydroxylation is 1. The third-order valence-corrected chi connectivity index (χ3v) is 2.42. The first-order valence-corrected chi connectivity index (χ1v) is 4.65. The molecule has 65 valence electrons. The summed E-state index contributed by atoms with van der Waals surface area (Å²) < 4.78 is 0. The van der Waals surface area contributed by atoms with Crippen LogP contribution in [0.25, 0.3) is 10.8 Å². The zero-order chi connectivity index (χ0) is 9.26. The standard InChI is InChI=1S/C13H13/c1-3-11-5-4-6-12-9-10(2)7-8-13(11)12/h4-9H,2-3H2,1H3. The zero-order valence-electron chi connectivity index (χ0n) is 7.88. The Kier molecular flexibility index (Phi) is 2.05. The van der Waals surface area contributed by atoms with Crippen molar-refractivity contribution in [3.05, 3.63) is 54.4 Å². The highest BCUT2D eigenvalue weighted by molar-refractivity contribution is 5.86. The first-order valence-electron chi connectivity index (χ1n) is 4.65. The SMILES string of the molecule is [CH2]c1ccc2c(CC)cccc2c1. The van der Waals surface area contributed by atoms with E-state index >= 15 is 0 Å². The maximum Gasteiger partial charge on any atom is -0.0152 e. The van der Waals surface area contributed by atoms with Gasteiger partial charge >= 0.3 is 0 Å². The molecule has 0 bridgehead atoms. The molecule has 0 heterocycles. The van der Waals surface area contributed by atoms with E-state index in [-0.39, 0.29) is 0 Å². The van der Waals surface area contributed by atoms with Crippen molar-refractivity contribution in [1.82, 2.24) is 0 Å². The van der Waals surface area contributed by atoms with Crippen molar-refractivity contribution in [2.45, 2.75) is 13.3 Å². The second-order valence-electron chi connectivity index (χ2n) is 3.33. The molecule has 0 aliphatic heterocycles. The lowest BCUT2D eigenvalue weighted by atomic mass is 10.0. The molecule has 0 aliphatic carbocycles. The lowest BCUT2D eigenvalue weighted by Gasteiger charge is -2.04. The van der Waals surface area contributed by atoms with E-state index in [0.717, 1.165) is 12.0 Å². The minimum Gasteiger partial charge on any atom is -0.0614 e.